The Labute approximate surface area is 158 Å². The number of aromatic nitrogens is 1. The molecule has 1 N–H and O–H groups in total. The Hall–Kier alpha value is -2.62. The number of halogens is 5. The van der Waals surface area contributed by atoms with Crippen LogP contribution >= 0.6 is 0 Å². The Morgan fingerprint density at radius 3 is 2.25 bits per heavy atom. The van der Waals surface area contributed by atoms with E-state index in [4.69, 9.17) is 9.47 Å². The Balaban J connectivity index is 1.70. The van der Waals surface area contributed by atoms with Crippen LogP contribution in [0.25, 0.3) is 0 Å². The van der Waals surface area contributed by atoms with E-state index >= 15 is 0 Å². The second kappa shape index (κ2) is 8.59. The second-order valence-corrected chi connectivity index (χ2v) is 6.00. The van der Waals surface area contributed by atoms with E-state index in [0.717, 1.165) is 18.2 Å². The molecule has 0 amide bonds. The van der Waals surface area contributed by atoms with E-state index in [1.54, 1.807) is 0 Å². The van der Waals surface area contributed by atoms with Crippen molar-refractivity contribution in [1.29, 1.82) is 0 Å². The van der Waals surface area contributed by atoms with Crippen LogP contribution < -0.4 is 19.7 Å². The third-order valence-electron chi connectivity index (χ3n) is 4.08. The zero-order valence-corrected chi connectivity index (χ0v) is 14.7. The van der Waals surface area contributed by atoms with E-state index in [1.807, 2.05) is 4.90 Å². The lowest BCUT2D eigenvalue weighted by molar-refractivity contribution is -0.139. The number of para-hydroxylation sites is 1. The Morgan fingerprint density at radius 1 is 0.964 bits per heavy atom. The van der Waals surface area contributed by atoms with E-state index in [9.17, 15) is 22.0 Å². The van der Waals surface area contributed by atoms with Gasteiger partial charge in [0.15, 0.2) is 17.4 Å². The van der Waals surface area contributed by atoms with E-state index in [0.29, 0.717) is 32.0 Å². The van der Waals surface area contributed by atoms with Crippen molar-refractivity contribution in [3.63, 3.8) is 0 Å². The van der Waals surface area contributed by atoms with Gasteiger partial charge in [0.05, 0.1) is 0 Å². The SMILES string of the molecule is Fc1cccc(F)c1OCCOc1nc(N2CCNCC2)ccc1C(F)(F)F. The fourth-order valence-corrected chi connectivity index (χ4v) is 2.73. The zero-order chi connectivity index (χ0) is 20.1. The lowest BCUT2D eigenvalue weighted by atomic mass is 10.2. The first-order valence-electron chi connectivity index (χ1n) is 8.60. The Bertz CT molecular complexity index is 790. The largest absolute Gasteiger partial charge is 0.484 e. The normalized spacial score (nSPS) is 14.8. The lowest BCUT2D eigenvalue weighted by Crippen LogP contribution is -2.43. The van der Waals surface area contributed by atoms with Gasteiger partial charge in [-0.15, -0.1) is 0 Å². The molecule has 1 aliphatic heterocycles. The van der Waals surface area contributed by atoms with Gasteiger partial charge in [0.1, 0.15) is 24.6 Å². The molecule has 0 radical (unpaired) electrons. The van der Waals surface area contributed by atoms with Gasteiger partial charge in [0, 0.05) is 26.2 Å². The quantitative estimate of drug-likeness (QED) is 0.593. The maximum atomic E-state index is 13.5. The van der Waals surface area contributed by atoms with Crippen LogP contribution in [0, 0.1) is 11.6 Å². The van der Waals surface area contributed by atoms with Crippen molar-refractivity contribution in [2.24, 2.45) is 0 Å². The molecule has 1 fully saturated rings. The molecule has 5 nitrogen and oxygen atoms in total. The molecule has 10 heteroatoms. The van der Waals surface area contributed by atoms with Crippen LogP contribution in [0.15, 0.2) is 30.3 Å². The van der Waals surface area contributed by atoms with Crippen molar-refractivity contribution in [2.75, 3.05) is 44.3 Å². The minimum Gasteiger partial charge on any atom is -0.484 e. The summed E-state index contributed by atoms with van der Waals surface area (Å²) in [5.74, 6) is -2.65. The summed E-state index contributed by atoms with van der Waals surface area (Å²) in [5.41, 5.74) is -1.02. The summed E-state index contributed by atoms with van der Waals surface area (Å²) in [6.45, 7) is 1.88. The summed E-state index contributed by atoms with van der Waals surface area (Å²) >= 11 is 0. The molecule has 2 aromatic rings. The minimum atomic E-state index is -4.65. The molecule has 3 rings (SSSR count). The van der Waals surface area contributed by atoms with Crippen LogP contribution in [0.1, 0.15) is 5.56 Å². The second-order valence-electron chi connectivity index (χ2n) is 6.00. The number of ether oxygens (including phenoxy) is 2. The number of benzene rings is 1. The fourth-order valence-electron chi connectivity index (χ4n) is 2.73. The average Bonchev–Trinajstić information content (AvgIpc) is 2.67. The van der Waals surface area contributed by atoms with E-state index in [1.165, 1.54) is 12.1 Å². The van der Waals surface area contributed by atoms with Gasteiger partial charge in [-0.3, -0.25) is 0 Å². The summed E-state index contributed by atoms with van der Waals surface area (Å²) in [4.78, 5) is 5.84. The third-order valence-corrected chi connectivity index (χ3v) is 4.08. The monoisotopic (exact) mass is 403 g/mol. The van der Waals surface area contributed by atoms with Gasteiger partial charge in [-0.2, -0.15) is 18.2 Å². The number of nitrogens with zero attached hydrogens (tertiary/aromatic N) is 2. The van der Waals surface area contributed by atoms with Crippen molar-refractivity contribution in [3.05, 3.63) is 47.5 Å². The molecule has 152 valence electrons. The number of nitrogens with one attached hydrogen (secondary N) is 1. The highest BCUT2D eigenvalue weighted by Gasteiger charge is 2.36. The molecule has 0 bridgehead atoms. The lowest BCUT2D eigenvalue weighted by Gasteiger charge is -2.29. The number of hydrogen-bond acceptors (Lipinski definition) is 5. The van der Waals surface area contributed by atoms with Crippen LogP contribution in [-0.4, -0.2) is 44.4 Å². The van der Waals surface area contributed by atoms with Gasteiger partial charge in [-0.25, -0.2) is 8.78 Å². The van der Waals surface area contributed by atoms with Crippen molar-refractivity contribution >= 4 is 5.82 Å². The molecular weight excluding hydrogens is 385 g/mol. The van der Waals surface area contributed by atoms with Crippen LogP contribution in [0.3, 0.4) is 0 Å². The van der Waals surface area contributed by atoms with Gasteiger partial charge in [0.25, 0.3) is 0 Å². The molecule has 0 spiro atoms. The standard InChI is InChI=1S/C18H18F5N3O2/c19-13-2-1-3-14(20)16(13)27-10-11-28-17-12(18(21,22)23)4-5-15(25-17)26-8-6-24-7-9-26/h1-5,24H,6-11H2. The highest BCUT2D eigenvalue weighted by molar-refractivity contribution is 5.45. The number of hydrogen-bond donors (Lipinski definition) is 1. The van der Waals surface area contributed by atoms with Gasteiger partial charge >= 0.3 is 6.18 Å². The first kappa shape index (κ1) is 20.1. The molecular formula is C18H18F5N3O2. The first-order valence-corrected chi connectivity index (χ1v) is 8.60. The van der Waals surface area contributed by atoms with E-state index < -0.39 is 35.0 Å². The Morgan fingerprint density at radius 2 is 1.61 bits per heavy atom. The predicted octanol–water partition coefficient (Wildman–Crippen LogP) is 3.25. The summed E-state index contributed by atoms with van der Waals surface area (Å²) in [6, 6.07) is 5.41. The number of alkyl halides is 3. The van der Waals surface area contributed by atoms with Crippen LogP contribution in [0.5, 0.6) is 11.6 Å². The summed E-state index contributed by atoms with van der Waals surface area (Å²) in [6.07, 6.45) is -4.65. The van der Waals surface area contributed by atoms with E-state index in [-0.39, 0.29) is 13.2 Å². The van der Waals surface area contributed by atoms with Gasteiger partial charge < -0.3 is 19.7 Å². The van der Waals surface area contributed by atoms with Crippen molar-refractivity contribution in [1.82, 2.24) is 10.3 Å². The number of piperazine rings is 1. The van der Waals surface area contributed by atoms with Crippen molar-refractivity contribution in [3.8, 4) is 11.6 Å². The van der Waals surface area contributed by atoms with Gasteiger partial charge in [0.2, 0.25) is 5.88 Å². The number of anilines is 1. The van der Waals surface area contributed by atoms with Gasteiger partial charge in [-0.05, 0) is 24.3 Å². The zero-order valence-electron chi connectivity index (χ0n) is 14.7. The van der Waals surface area contributed by atoms with Crippen LogP contribution in [-0.2, 0) is 6.18 Å². The first-order chi connectivity index (χ1) is 13.4. The summed E-state index contributed by atoms with van der Waals surface area (Å²) in [5, 5.41) is 3.14. The topological polar surface area (TPSA) is 46.6 Å². The molecule has 1 saturated heterocycles. The van der Waals surface area contributed by atoms with Gasteiger partial charge in [-0.1, -0.05) is 6.07 Å². The Kier molecular flexibility index (Phi) is 6.18. The predicted molar refractivity (Wildman–Crippen MR) is 91.7 cm³/mol. The maximum Gasteiger partial charge on any atom is 0.421 e. The minimum absolute atomic E-state index is 0.352. The summed E-state index contributed by atoms with van der Waals surface area (Å²) < 4.78 is 76.8. The molecule has 0 unspecified atom stereocenters. The smallest absolute Gasteiger partial charge is 0.421 e. The molecule has 0 aliphatic carbocycles. The number of pyridine rings is 1. The third kappa shape index (κ3) is 4.80. The van der Waals surface area contributed by atoms with Crippen molar-refractivity contribution < 1.29 is 31.4 Å². The fraction of sp³-hybridized carbons (Fsp3) is 0.389. The van der Waals surface area contributed by atoms with Crippen molar-refractivity contribution in [2.45, 2.75) is 6.18 Å². The average molecular weight is 403 g/mol. The maximum absolute atomic E-state index is 13.5. The van der Waals surface area contributed by atoms with E-state index in [2.05, 4.69) is 10.3 Å². The molecule has 2 heterocycles. The van der Waals surface area contributed by atoms with Crippen LogP contribution in [0.4, 0.5) is 27.8 Å². The molecule has 1 aliphatic rings. The molecule has 28 heavy (non-hydrogen) atoms. The number of rotatable bonds is 6. The molecule has 1 aromatic heterocycles. The highest BCUT2D eigenvalue weighted by Crippen LogP contribution is 2.36. The molecule has 0 saturated carbocycles. The summed E-state index contributed by atoms with van der Waals surface area (Å²) in [7, 11) is 0. The highest BCUT2D eigenvalue weighted by atomic mass is 19.4. The van der Waals surface area contributed by atoms with Crippen LogP contribution in [0.2, 0.25) is 0 Å². The molecule has 1 aromatic carbocycles. The molecule has 0 atom stereocenters.